The minimum absolute atomic E-state index is 0.391. The Morgan fingerprint density at radius 3 is 2.83 bits per heavy atom. The van der Waals surface area contributed by atoms with E-state index < -0.39 is 0 Å². The van der Waals surface area contributed by atoms with E-state index >= 15 is 0 Å². The second-order valence-corrected chi connectivity index (χ2v) is 6.99. The van der Waals surface area contributed by atoms with Crippen molar-refractivity contribution in [1.29, 1.82) is 0 Å². The normalized spacial score (nSPS) is 30.3. The fourth-order valence-corrected chi connectivity index (χ4v) is 4.11. The molecule has 1 aliphatic heterocycles. The van der Waals surface area contributed by atoms with Crippen LogP contribution in [-0.4, -0.2) is 30.6 Å². The molecule has 1 saturated heterocycles. The summed E-state index contributed by atoms with van der Waals surface area (Å²) in [4.78, 5) is 2.63. The third-order valence-corrected chi connectivity index (χ3v) is 5.22. The second kappa shape index (κ2) is 5.72. The van der Waals surface area contributed by atoms with Crippen LogP contribution in [0.15, 0.2) is 16.8 Å². The summed E-state index contributed by atoms with van der Waals surface area (Å²) >= 11 is 1.81. The second-order valence-electron chi connectivity index (χ2n) is 6.21. The van der Waals surface area contributed by atoms with Gasteiger partial charge in [-0.2, -0.15) is 11.3 Å². The number of hydrogen-bond donors (Lipinski definition) is 1. The average Bonchev–Trinajstić information content (AvgIpc) is 2.75. The molecule has 1 aromatic heterocycles. The molecule has 0 bridgehead atoms. The van der Waals surface area contributed by atoms with E-state index in [0.29, 0.717) is 6.04 Å². The Morgan fingerprint density at radius 2 is 2.17 bits per heavy atom. The van der Waals surface area contributed by atoms with Gasteiger partial charge in [0.25, 0.3) is 0 Å². The molecule has 0 spiro atoms. The standard InChI is InChI=1S/C15H24N2S/c16-15-7-14(6-13-4-5-18-11-13)9-17(10-15)8-12-2-1-3-12/h4-5,11-12,14-15H,1-3,6-10,16H2. The highest BCUT2D eigenvalue weighted by Gasteiger charge is 2.28. The van der Waals surface area contributed by atoms with Gasteiger partial charge < -0.3 is 10.6 Å². The Bertz CT molecular complexity index is 359. The molecular weight excluding hydrogens is 240 g/mol. The molecule has 2 atom stereocenters. The molecule has 2 N–H and O–H groups in total. The van der Waals surface area contributed by atoms with Crippen molar-refractivity contribution in [3.8, 4) is 0 Å². The maximum absolute atomic E-state index is 6.24. The van der Waals surface area contributed by atoms with Gasteiger partial charge in [-0.15, -0.1) is 0 Å². The lowest BCUT2D eigenvalue weighted by Crippen LogP contribution is -2.49. The highest BCUT2D eigenvalue weighted by atomic mass is 32.1. The zero-order valence-electron chi connectivity index (χ0n) is 11.1. The molecule has 1 aromatic rings. The first kappa shape index (κ1) is 12.6. The highest BCUT2D eigenvalue weighted by molar-refractivity contribution is 7.07. The van der Waals surface area contributed by atoms with Crippen LogP contribution in [0.25, 0.3) is 0 Å². The number of nitrogens with two attached hydrogens (primary N) is 1. The number of thiophene rings is 1. The van der Waals surface area contributed by atoms with E-state index in [2.05, 4.69) is 21.7 Å². The van der Waals surface area contributed by atoms with Gasteiger partial charge in [0.15, 0.2) is 0 Å². The van der Waals surface area contributed by atoms with E-state index in [1.807, 2.05) is 11.3 Å². The van der Waals surface area contributed by atoms with Gasteiger partial charge in [-0.05, 0) is 59.9 Å². The highest BCUT2D eigenvalue weighted by Crippen LogP contribution is 2.29. The first-order valence-corrected chi connectivity index (χ1v) is 8.23. The van der Waals surface area contributed by atoms with Crippen molar-refractivity contribution >= 4 is 11.3 Å². The summed E-state index contributed by atoms with van der Waals surface area (Å²) in [5, 5.41) is 4.47. The summed E-state index contributed by atoms with van der Waals surface area (Å²) in [6, 6.07) is 2.66. The van der Waals surface area contributed by atoms with E-state index in [4.69, 9.17) is 5.73 Å². The molecule has 3 rings (SSSR count). The Hall–Kier alpha value is -0.380. The lowest BCUT2D eigenvalue weighted by molar-refractivity contribution is 0.112. The van der Waals surface area contributed by atoms with Crippen molar-refractivity contribution in [1.82, 2.24) is 4.90 Å². The van der Waals surface area contributed by atoms with E-state index in [9.17, 15) is 0 Å². The number of rotatable bonds is 4. The van der Waals surface area contributed by atoms with Crippen LogP contribution < -0.4 is 5.73 Å². The molecule has 3 heteroatoms. The maximum atomic E-state index is 6.24. The first-order chi connectivity index (χ1) is 8.79. The zero-order chi connectivity index (χ0) is 12.4. The van der Waals surface area contributed by atoms with Crippen LogP contribution in [0, 0.1) is 11.8 Å². The van der Waals surface area contributed by atoms with Crippen molar-refractivity contribution in [2.45, 2.75) is 38.1 Å². The molecule has 1 aliphatic carbocycles. The molecule has 2 fully saturated rings. The van der Waals surface area contributed by atoms with E-state index in [0.717, 1.165) is 18.4 Å². The molecule has 18 heavy (non-hydrogen) atoms. The quantitative estimate of drug-likeness (QED) is 0.906. The summed E-state index contributed by atoms with van der Waals surface area (Å²) in [6.45, 7) is 3.69. The van der Waals surface area contributed by atoms with E-state index in [1.54, 1.807) is 0 Å². The summed E-state index contributed by atoms with van der Waals surface area (Å²) in [5.74, 6) is 1.74. The smallest absolute Gasteiger partial charge is 0.0171 e. The van der Waals surface area contributed by atoms with Crippen molar-refractivity contribution in [2.75, 3.05) is 19.6 Å². The Morgan fingerprint density at radius 1 is 1.28 bits per heavy atom. The van der Waals surface area contributed by atoms with Gasteiger partial charge in [-0.3, -0.25) is 0 Å². The molecule has 0 radical (unpaired) electrons. The van der Waals surface area contributed by atoms with Gasteiger partial charge in [0.05, 0.1) is 0 Å². The predicted octanol–water partition coefficient (Wildman–Crippen LogP) is 2.74. The van der Waals surface area contributed by atoms with Crippen LogP contribution in [0.1, 0.15) is 31.2 Å². The van der Waals surface area contributed by atoms with Gasteiger partial charge in [-0.25, -0.2) is 0 Å². The van der Waals surface area contributed by atoms with Crippen LogP contribution in [0.3, 0.4) is 0 Å². The van der Waals surface area contributed by atoms with Crippen molar-refractivity contribution in [2.24, 2.45) is 17.6 Å². The van der Waals surface area contributed by atoms with E-state index in [1.165, 1.54) is 50.8 Å². The number of piperidine rings is 1. The Labute approximate surface area is 114 Å². The SMILES string of the molecule is NC1CC(Cc2ccsc2)CN(CC2CCC2)C1. The largest absolute Gasteiger partial charge is 0.327 e. The summed E-state index contributed by atoms with van der Waals surface area (Å²) in [6.07, 6.45) is 6.76. The summed E-state index contributed by atoms with van der Waals surface area (Å²) in [5.41, 5.74) is 7.74. The van der Waals surface area contributed by atoms with Gasteiger partial charge in [0.1, 0.15) is 0 Å². The first-order valence-electron chi connectivity index (χ1n) is 7.28. The molecular formula is C15H24N2S. The van der Waals surface area contributed by atoms with Crippen molar-refractivity contribution in [3.05, 3.63) is 22.4 Å². The van der Waals surface area contributed by atoms with Crippen LogP contribution >= 0.6 is 11.3 Å². The van der Waals surface area contributed by atoms with Crippen LogP contribution in [0.2, 0.25) is 0 Å². The predicted molar refractivity (Wildman–Crippen MR) is 77.9 cm³/mol. The number of hydrogen-bond acceptors (Lipinski definition) is 3. The number of likely N-dealkylation sites (tertiary alicyclic amines) is 1. The van der Waals surface area contributed by atoms with Crippen LogP contribution in [0.5, 0.6) is 0 Å². The summed E-state index contributed by atoms with van der Waals surface area (Å²) in [7, 11) is 0. The topological polar surface area (TPSA) is 29.3 Å². The molecule has 2 heterocycles. The van der Waals surface area contributed by atoms with Crippen molar-refractivity contribution in [3.63, 3.8) is 0 Å². The van der Waals surface area contributed by atoms with Crippen LogP contribution in [-0.2, 0) is 6.42 Å². The Kier molecular flexibility index (Phi) is 4.02. The fraction of sp³-hybridized carbons (Fsp3) is 0.733. The minimum Gasteiger partial charge on any atom is -0.327 e. The zero-order valence-corrected chi connectivity index (χ0v) is 11.9. The lowest BCUT2D eigenvalue weighted by atomic mass is 9.83. The van der Waals surface area contributed by atoms with Gasteiger partial charge in [-0.1, -0.05) is 6.42 Å². The molecule has 0 aromatic carbocycles. The van der Waals surface area contributed by atoms with Gasteiger partial charge in [0.2, 0.25) is 0 Å². The fourth-order valence-electron chi connectivity index (χ4n) is 3.43. The molecule has 100 valence electrons. The minimum atomic E-state index is 0.391. The van der Waals surface area contributed by atoms with E-state index in [-0.39, 0.29) is 0 Å². The molecule has 1 saturated carbocycles. The molecule has 2 aliphatic rings. The molecule has 0 amide bonds. The van der Waals surface area contributed by atoms with Gasteiger partial charge >= 0.3 is 0 Å². The maximum Gasteiger partial charge on any atom is 0.0171 e. The average molecular weight is 264 g/mol. The van der Waals surface area contributed by atoms with Crippen molar-refractivity contribution < 1.29 is 0 Å². The summed E-state index contributed by atoms with van der Waals surface area (Å²) < 4.78 is 0. The monoisotopic (exact) mass is 264 g/mol. The third kappa shape index (κ3) is 3.14. The van der Waals surface area contributed by atoms with Crippen LogP contribution in [0.4, 0.5) is 0 Å². The lowest BCUT2D eigenvalue weighted by Gasteiger charge is -2.40. The number of nitrogens with zero attached hydrogens (tertiary/aromatic N) is 1. The molecule has 2 unspecified atom stereocenters. The van der Waals surface area contributed by atoms with Gasteiger partial charge in [0, 0.05) is 25.7 Å². The third-order valence-electron chi connectivity index (χ3n) is 4.49. The molecule has 2 nitrogen and oxygen atoms in total. The Balaban J connectivity index is 1.54.